The van der Waals surface area contributed by atoms with Gasteiger partial charge in [0.05, 0.1) is 23.4 Å². The lowest BCUT2D eigenvalue weighted by Gasteiger charge is -2.16. The molecule has 0 spiro atoms. The Bertz CT molecular complexity index is 1900. The Balaban J connectivity index is 1.30. The molecule has 3 aromatic heterocycles. The summed E-state index contributed by atoms with van der Waals surface area (Å²) in [6.45, 7) is 1.70. The molecule has 0 saturated heterocycles. The minimum atomic E-state index is -0.469. The first-order valence-electron chi connectivity index (χ1n) is 12.3. The van der Waals surface area contributed by atoms with Crippen LogP contribution in [0.4, 0.5) is 11.4 Å². The third-order valence-electron chi connectivity index (χ3n) is 6.21. The zero-order valence-corrected chi connectivity index (χ0v) is 21.8. The fourth-order valence-electron chi connectivity index (χ4n) is 4.41. The van der Waals surface area contributed by atoms with Crippen molar-refractivity contribution < 1.29 is 19.1 Å². The zero-order valence-electron chi connectivity index (χ0n) is 21.0. The van der Waals surface area contributed by atoms with Crippen LogP contribution in [0.1, 0.15) is 22.8 Å². The van der Waals surface area contributed by atoms with Crippen LogP contribution in [-0.2, 0) is 14.3 Å². The van der Waals surface area contributed by atoms with Crippen molar-refractivity contribution in [2.45, 2.75) is 6.92 Å². The minimum absolute atomic E-state index is 0.197. The Morgan fingerprint density at radius 3 is 2.55 bits per heavy atom. The number of esters is 1. The first kappa shape index (κ1) is 25.1. The van der Waals surface area contributed by atoms with E-state index in [0.29, 0.717) is 38.9 Å². The monoisotopic (exact) mass is 552 g/mol. The molecule has 0 bridgehead atoms. The van der Waals surface area contributed by atoms with Gasteiger partial charge < -0.3 is 10.1 Å². The Morgan fingerprint density at radius 2 is 1.82 bits per heavy atom. The summed E-state index contributed by atoms with van der Waals surface area (Å²) in [6.07, 6.45) is 3.24. The van der Waals surface area contributed by atoms with E-state index in [9.17, 15) is 19.2 Å². The standard InChI is InChI=1S/C28H20N6O5S/c1-2-39-27(38)16-9-11-18(12-10-16)30-21(35)15-33-20-8-4-3-7-19(20)22(25(33)36)23-26(37)34-28(40-23)31-24(32-34)17-6-5-13-29-14-17/h3-14H,2,15H2,1H3,(H,30,35). The molecule has 40 heavy (non-hydrogen) atoms. The van der Waals surface area contributed by atoms with Crippen LogP contribution in [-0.4, -0.2) is 50.5 Å². The molecule has 0 unspecified atom stereocenters. The lowest BCUT2D eigenvalue weighted by atomic mass is 10.1. The number of benzene rings is 2. The number of ether oxygens (including phenoxy) is 1. The van der Waals surface area contributed by atoms with Gasteiger partial charge in [-0.05, 0) is 49.4 Å². The Kier molecular flexibility index (Phi) is 6.36. The highest BCUT2D eigenvalue weighted by Crippen LogP contribution is 2.35. The molecule has 198 valence electrons. The number of para-hydroxylation sites is 1. The number of fused-ring (bicyclic) bond motifs is 2. The topological polar surface area (TPSA) is 136 Å². The summed E-state index contributed by atoms with van der Waals surface area (Å²) in [5, 5.41) is 7.07. The number of hydrogen-bond acceptors (Lipinski definition) is 9. The average molecular weight is 553 g/mol. The van der Waals surface area contributed by atoms with Crippen molar-refractivity contribution in [1.29, 1.82) is 0 Å². The molecule has 11 nitrogen and oxygen atoms in total. The van der Waals surface area contributed by atoms with Crippen LogP contribution in [0.3, 0.4) is 0 Å². The van der Waals surface area contributed by atoms with Crippen molar-refractivity contribution >= 4 is 51.0 Å². The molecule has 0 atom stereocenters. The van der Waals surface area contributed by atoms with Gasteiger partial charge in [-0.25, -0.2) is 4.79 Å². The highest BCUT2D eigenvalue weighted by atomic mass is 32.1. The van der Waals surface area contributed by atoms with Crippen LogP contribution >= 0.6 is 11.3 Å². The first-order chi connectivity index (χ1) is 19.4. The van der Waals surface area contributed by atoms with Crippen LogP contribution in [0.2, 0.25) is 0 Å². The van der Waals surface area contributed by atoms with Crippen LogP contribution in [0.15, 0.2) is 77.9 Å². The van der Waals surface area contributed by atoms with Crippen molar-refractivity contribution in [3.8, 4) is 11.4 Å². The number of carbonyl (C=O) groups is 3. The summed E-state index contributed by atoms with van der Waals surface area (Å²) in [7, 11) is 0. The van der Waals surface area contributed by atoms with E-state index in [0.717, 1.165) is 11.3 Å². The number of pyridine rings is 1. The molecule has 12 heteroatoms. The van der Waals surface area contributed by atoms with E-state index in [-0.39, 0.29) is 23.3 Å². The summed E-state index contributed by atoms with van der Waals surface area (Å²) >= 11 is 1.07. The third kappa shape index (κ3) is 4.39. The quantitative estimate of drug-likeness (QED) is 0.317. The molecule has 5 aromatic rings. The smallest absolute Gasteiger partial charge is 0.338 e. The second kappa shape index (κ2) is 10.2. The van der Waals surface area contributed by atoms with Crippen LogP contribution in [0.25, 0.3) is 21.9 Å². The minimum Gasteiger partial charge on any atom is -0.462 e. The third-order valence-corrected chi connectivity index (χ3v) is 7.24. The number of aromatic nitrogens is 4. The number of nitrogens with one attached hydrogen (secondary N) is 1. The fourth-order valence-corrected chi connectivity index (χ4v) is 5.41. The summed E-state index contributed by atoms with van der Waals surface area (Å²) < 4.78 is 6.35. The SMILES string of the molecule is CCOC(=O)c1ccc(NC(=O)CN2C(=O)C(=c3sc4nc(-c5cccnc5)nn4c3=O)c3ccccc32)cc1. The van der Waals surface area contributed by atoms with Gasteiger partial charge in [0, 0.05) is 29.2 Å². The maximum Gasteiger partial charge on any atom is 0.338 e. The molecule has 6 rings (SSSR count). The highest BCUT2D eigenvalue weighted by Gasteiger charge is 2.35. The number of carbonyl (C=O) groups excluding carboxylic acids is 3. The van der Waals surface area contributed by atoms with Gasteiger partial charge in [-0.15, -0.1) is 5.10 Å². The number of rotatable bonds is 6. The van der Waals surface area contributed by atoms with Crippen molar-refractivity contribution in [2.24, 2.45) is 0 Å². The second-order valence-electron chi connectivity index (χ2n) is 8.74. The molecule has 0 radical (unpaired) electrons. The first-order valence-corrected chi connectivity index (χ1v) is 13.1. The Morgan fingerprint density at radius 1 is 1.02 bits per heavy atom. The summed E-state index contributed by atoms with van der Waals surface area (Å²) in [4.78, 5) is 62.0. The van der Waals surface area contributed by atoms with Crippen LogP contribution < -0.4 is 20.3 Å². The van der Waals surface area contributed by atoms with E-state index in [4.69, 9.17) is 4.74 Å². The van der Waals surface area contributed by atoms with Gasteiger partial charge >= 0.3 is 5.97 Å². The number of thiazole rings is 1. The van der Waals surface area contributed by atoms with Gasteiger partial charge in [-0.2, -0.15) is 9.50 Å². The molecule has 2 aromatic carbocycles. The van der Waals surface area contributed by atoms with Crippen LogP contribution in [0, 0.1) is 0 Å². The second-order valence-corrected chi connectivity index (χ2v) is 9.71. The maximum atomic E-state index is 13.6. The van der Waals surface area contributed by atoms with Gasteiger partial charge in [0.2, 0.25) is 10.9 Å². The van der Waals surface area contributed by atoms with Crippen molar-refractivity contribution in [2.75, 3.05) is 23.4 Å². The van der Waals surface area contributed by atoms with E-state index in [2.05, 4.69) is 20.4 Å². The van der Waals surface area contributed by atoms with Gasteiger partial charge in [0.1, 0.15) is 11.1 Å². The molecule has 1 aliphatic heterocycles. The summed E-state index contributed by atoms with van der Waals surface area (Å²) in [5.74, 6) is -1.01. The van der Waals surface area contributed by atoms with Crippen molar-refractivity contribution in [3.05, 3.63) is 99.1 Å². The predicted octanol–water partition coefficient (Wildman–Crippen LogP) is 2.29. The zero-order chi connectivity index (χ0) is 27.8. The highest BCUT2D eigenvalue weighted by molar-refractivity contribution is 7.15. The van der Waals surface area contributed by atoms with Gasteiger partial charge in [0.25, 0.3) is 11.5 Å². The largest absolute Gasteiger partial charge is 0.462 e. The lowest BCUT2D eigenvalue weighted by Crippen LogP contribution is -2.37. The number of hydrogen-bond donors (Lipinski definition) is 1. The molecule has 0 saturated carbocycles. The van der Waals surface area contributed by atoms with E-state index in [1.165, 1.54) is 9.42 Å². The van der Waals surface area contributed by atoms with E-state index in [1.807, 2.05) is 0 Å². The van der Waals surface area contributed by atoms with Crippen LogP contribution in [0.5, 0.6) is 0 Å². The fraction of sp³-hybridized carbons (Fsp3) is 0.107. The average Bonchev–Trinajstić information content (AvgIpc) is 3.60. The van der Waals surface area contributed by atoms with E-state index < -0.39 is 23.3 Å². The molecule has 1 N–H and O–H groups in total. The molecule has 4 heterocycles. The molecular weight excluding hydrogens is 532 g/mol. The lowest BCUT2D eigenvalue weighted by molar-refractivity contribution is -0.118. The summed E-state index contributed by atoms with van der Waals surface area (Å²) in [5.41, 5.74) is 2.29. The predicted molar refractivity (Wildman–Crippen MR) is 148 cm³/mol. The van der Waals surface area contributed by atoms with Crippen molar-refractivity contribution in [3.63, 3.8) is 0 Å². The number of amides is 2. The summed E-state index contributed by atoms with van der Waals surface area (Å²) in [6, 6.07) is 16.8. The molecule has 2 amide bonds. The Hall–Kier alpha value is -5.23. The molecule has 0 aliphatic carbocycles. The van der Waals surface area contributed by atoms with Gasteiger partial charge in [0.15, 0.2) is 5.82 Å². The molecular formula is C28H20N6O5S. The van der Waals surface area contributed by atoms with Crippen molar-refractivity contribution in [1.82, 2.24) is 19.6 Å². The number of anilines is 2. The maximum absolute atomic E-state index is 13.6. The van der Waals surface area contributed by atoms with E-state index in [1.54, 1.807) is 80.0 Å². The molecule has 1 aliphatic rings. The normalized spacial score (nSPS) is 13.9. The number of nitrogens with zero attached hydrogens (tertiary/aromatic N) is 5. The van der Waals surface area contributed by atoms with Gasteiger partial charge in [-0.1, -0.05) is 29.5 Å². The molecule has 0 fully saturated rings. The Labute approximate surface area is 230 Å². The van der Waals surface area contributed by atoms with Gasteiger partial charge in [-0.3, -0.25) is 24.3 Å². The van der Waals surface area contributed by atoms with E-state index >= 15 is 0 Å².